The number of benzene rings is 1. The van der Waals surface area contributed by atoms with Crippen LogP contribution in [0.3, 0.4) is 0 Å². The van der Waals surface area contributed by atoms with Crippen molar-refractivity contribution < 1.29 is 9.59 Å². The predicted octanol–water partition coefficient (Wildman–Crippen LogP) is 3.18. The molecule has 0 unspecified atom stereocenters. The first-order valence-corrected chi connectivity index (χ1v) is 10.2. The third-order valence-electron chi connectivity index (χ3n) is 6.55. The van der Waals surface area contributed by atoms with Gasteiger partial charge in [-0.15, -0.1) is 0 Å². The summed E-state index contributed by atoms with van der Waals surface area (Å²) >= 11 is 0. The highest BCUT2D eigenvalue weighted by molar-refractivity contribution is 5.85. The highest BCUT2D eigenvalue weighted by atomic mass is 16.2. The monoisotopic (exact) mass is 354 g/mol. The van der Waals surface area contributed by atoms with Crippen molar-refractivity contribution in [2.45, 2.75) is 51.9 Å². The van der Waals surface area contributed by atoms with Crippen LogP contribution < -0.4 is 0 Å². The van der Waals surface area contributed by atoms with E-state index in [0.717, 1.165) is 63.3 Å². The van der Waals surface area contributed by atoms with Crippen molar-refractivity contribution in [1.29, 1.82) is 0 Å². The SMILES string of the molecule is Cc1ccc(CC(=O)N2CCC[C@@]3(CC2)CCN(CC2CC2)C3=O)cc1. The summed E-state index contributed by atoms with van der Waals surface area (Å²) < 4.78 is 0. The van der Waals surface area contributed by atoms with E-state index in [1.807, 2.05) is 17.0 Å². The second kappa shape index (κ2) is 7.05. The van der Waals surface area contributed by atoms with Crippen molar-refractivity contribution in [3.05, 3.63) is 35.4 Å². The summed E-state index contributed by atoms with van der Waals surface area (Å²) in [5.74, 6) is 1.33. The molecule has 2 heterocycles. The maximum atomic E-state index is 13.0. The first-order valence-electron chi connectivity index (χ1n) is 10.2. The summed E-state index contributed by atoms with van der Waals surface area (Å²) in [5, 5.41) is 0. The van der Waals surface area contributed by atoms with Gasteiger partial charge in [-0.2, -0.15) is 0 Å². The molecule has 1 atom stereocenters. The molecule has 4 rings (SSSR count). The smallest absolute Gasteiger partial charge is 0.228 e. The highest BCUT2D eigenvalue weighted by Gasteiger charge is 2.47. The predicted molar refractivity (Wildman–Crippen MR) is 102 cm³/mol. The van der Waals surface area contributed by atoms with Crippen LogP contribution in [0.1, 0.15) is 49.7 Å². The Hall–Kier alpha value is -1.84. The Kier molecular flexibility index (Phi) is 4.76. The van der Waals surface area contributed by atoms with Gasteiger partial charge in [-0.25, -0.2) is 0 Å². The van der Waals surface area contributed by atoms with E-state index in [1.54, 1.807) is 0 Å². The van der Waals surface area contributed by atoms with Gasteiger partial charge in [0.05, 0.1) is 11.8 Å². The van der Waals surface area contributed by atoms with Crippen LogP contribution in [0.15, 0.2) is 24.3 Å². The van der Waals surface area contributed by atoms with Gasteiger partial charge in [-0.1, -0.05) is 29.8 Å². The zero-order chi connectivity index (χ0) is 18.1. The molecule has 2 amide bonds. The van der Waals surface area contributed by atoms with Crippen LogP contribution in [0.25, 0.3) is 0 Å². The van der Waals surface area contributed by atoms with Crippen LogP contribution in [0.4, 0.5) is 0 Å². The van der Waals surface area contributed by atoms with Crippen LogP contribution >= 0.6 is 0 Å². The van der Waals surface area contributed by atoms with E-state index < -0.39 is 0 Å². The largest absolute Gasteiger partial charge is 0.342 e. The molecule has 1 spiro atoms. The Morgan fingerprint density at radius 3 is 2.54 bits per heavy atom. The topological polar surface area (TPSA) is 40.6 Å². The Morgan fingerprint density at radius 2 is 1.81 bits per heavy atom. The van der Waals surface area contributed by atoms with E-state index in [1.165, 1.54) is 18.4 Å². The molecule has 140 valence electrons. The van der Waals surface area contributed by atoms with Gasteiger partial charge in [0.15, 0.2) is 0 Å². The molecule has 1 aromatic carbocycles. The molecule has 0 N–H and O–H groups in total. The third kappa shape index (κ3) is 3.65. The Morgan fingerprint density at radius 1 is 1.08 bits per heavy atom. The molecule has 3 fully saturated rings. The molecule has 1 saturated carbocycles. The molecule has 4 nitrogen and oxygen atoms in total. The fraction of sp³-hybridized carbons (Fsp3) is 0.636. The lowest BCUT2D eigenvalue weighted by molar-refractivity contribution is -0.137. The van der Waals surface area contributed by atoms with Crippen LogP contribution in [-0.4, -0.2) is 47.8 Å². The fourth-order valence-corrected chi connectivity index (χ4v) is 4.58. The standard InChI is InChI=1S/C22H30N2O2/c1-17-3-5-18(6-4-17)15-20(25)23-12-2-9-22(10-13-23)11-14-24(21(22)26)16-19-7-8-19/h3-6,19H,2,7-16H2,1H3/t22-/m1/s1. The number of aryl methyl sites for hydroxylation is 1. The highest BCUT2D eigenvalue weighted by Crippen LogP contribution is 2.43. The second-order valence-electron chi connectivity index (χ2n) is 8.62. The summed E-state index contributed by atoms with van der Waals surface area (Å²) in [6.07, 6.45) is 6.76. The maximum absolute atomic E-state index is 13.0. The molecular formula is C22H30N2O2. The van der Waals surface area contributed by atoms with Crippen molar-refractivity contribution in [2.75, 3.05) is 26.2 Å². The molecule has 0 radical (unpaired) electrons. The minimum absolute atomic E-state index is 0.187. The molecule has 1 aromatic rings. The molecule has 0 aromatic heterocycles. The molecule has 1 aliphatic carbocycles. The van der Waals surface area contributed by atoms with Crippen molar-refractivity contribution in [2.24, 2.45) is 11.3 Å². The number of hydrogen-bond donors (Lipinski definition) is 0. The van der Waals surface area contributed by atoms with Gasteiger partial charge in [-0.3, -0.25) is 9.59 Å². The summed E-state index contributed by atoms with van der Waals surface area (Å²) in [6, 6.07) is 8.21. The second-order valence-corrected chi connectivity index (χ2v) is 8.62. The van der Waals surface area contributed by atoms with E-state index in [0.29, 0.717) is 12.3 Å². The van der Waals surface area contributed by atoms with Crippen molar-refractivity contribution >= 4 is 11.8 Å². The molecule has 26 heavy (non-hydrogen) atoms. The summed E-state index contributed by atoms with van der Waals surface area (Å²) in [4.78, 5) is 29.9. The van der Waals surface area contributed by atoms with E-state index in [2.05, 4.69) is 24.0 Å². The number of carbonyl (C=O) groups is 2. The average Bonchev–Trinajstić information content (AvgIpc) is 3.42. The zero-order valence-corrected chi connectivity index (χ0v) is 15.9. The zero-order valence-electron chi connectivity index (χ0n) is 15.9. The molecule has 0 bridgehead atoms. The Bertz CT molecular complexity index is 680. The quantitative estimate of drug-likeness (QED) is 0.833. The molecule has 3 aliphatic rings. The van der Waals surface area contributed by atoms with Gasteiger partial charge in [0, 0.05) is 26.2 Å². The van der Waals surface area contributed by atoms with Gasteiger partial charge in [0.2, 0.25) is 11.8 Å². The minimum atomic E-state index is -0.187. The number of rotatable bonds is 4. The number of nitrogens with zero attached hydrogens (tertiary/aromatic N) is 2. The maximum Gasteiger partial charge on any atom is 0.228 e. The van der Waals surface area contributed by atoms with Gasteiger partial charge in [0.25, 0.3) is 0 Å². The summed E-state index contributed by atoms with van der Waals surface area (Å²) in [5.41, 5.74) is 2.11. The first kappa shape index (κ1) is 17.6. The van der Waals surface area contributed by atoms with E-state index >= 15 is 0 Å². The Balaban J connectivity index is 1.36. The summed E-state index contributed by atoms with van der Waals surface area (Å²) in [6.45, 7) is 5.48. The molecular weight excluding hydrogens is 324 g/mol. The van der Waals surface area contributed by atoms with E-state index in [9.17, 15) is 9.59 Å². The Labute approximate surface area is 156 Å². The van der Waals surface area contributed by atoms with Crippen molar-refractivity contribution in [3.63, 3.8) is 0 Å². The number of hydrogen-bond acceptors (Lipinski definition) is 2. The number of likely N-dealkylation sites (tertiary alicyclic amines) is 2. The fourth-order valence-electron chi connectivity index (χ4n) is 4.58. The van der Waals surface area contributed by atoms with Gasteiger partial charge in [-0.05, 0) is 56.9 Å². The van der Waals surface area contributed by atoms with Gasteiger partial charge in [0.1, 0.15) is 0 Å². The lowest BCUT2D eigenvalue weighted by atomic mass is 9.79. The van der Waals surface area contributed by atoms with Crippen molar-refractivity contribution in [3.8, 4) is 0 Å². The molecule has 2 saturated heterocycles. The average molecular weight is 354 g/mol. The number of amides is 2. The third-order valence-corrected chi connectivity index (χ3v) is 6.55. The van der Waals surface area contributed by atoms with Gasteiger partial charge >= 0.3 is 0 Å². The van der Waals surface area contributed by atoms with E-state index in [-0.39, 0.29) is 11.3 Å². The first-order chi connectivity index (χ1) is 12.6. The lowest BCUT2D eigenvalue weighted by Gasteiger charge is -2.27. The van der Waals surface area contributed by atoms with Crippen LogP contribution in [0, 0.1) is 18.3 Å². The van der Waals surface area contributed by atoms with E-state index in [4.69, 9.17) is 0 Å². The summed E-state index contributed by atoms with van der Waals surface area (Å²) in [7, 11) is 0. The van der Waals surface area contributed by atoms with Crippen molar-refractivity contribution in [1.82, 2.24) is 9.80 Å². The minimum Gasteiger partial charge on any atom is -0.342 e. The number of carbonyl (C=O) groups excluding carboxylic acids is 2. The van der Waals surface area contributed by atoms with Crippen LogP contribution in [0.2, 0.25) is 0 Å². The van der Waals surface area contributed by atoms with Crippen LogP contribution in [-0.2, 0) is 16.0 Å². The lowest BCUT2D eigenvalue weighted by Crippen LogP contribution is -2.37. The molecule has 4 heteroatoms. The molecule has 2 aliphatic heterocycles. The normalized spacial score (nSPS) is 26.4. The van der Waals surface area contributed by atoms with Crippen LogP contribution in [0.5, 0.6) is 0 Å². The van der Waals surface area contributed by atoms with Gasteiger partial charge < -0.3 is 9.80 Å².